The first-order chi connectivity index (χ1) is 16.5. The molecule has 3 heterocycles. The van der Waals surface area contributed by atoms with E-state index in [4.69, 9.17) is 15.1 Å². The fraction of sp³-hybridized carbons (Fsp3) is 0.320. The van der Waals surface area contributed by atoms with Gasteiger partial charge in [-0.1, -0.05) is 18.9 Å². The van der Waals surface area contributed by atoms with Crippen molar-refractivity contribution in [1.82, 2.24) is 24.7 Å². The molecular weight excluding hydrogens is 430 g/mol. The van der Waals surface area contributed by atoms with Crippen LogP contribution in [0.25, 0.3) is 22.4 Å². The molecule has 9 nitrogen and oxygen atoms in total. The van der Waals surface area contributed by atoms with Gasteiger partial charge in [-0.25, -0.2) is 9.97 Å². The van der Waals surface area contributed by atoms with Crippen molar-refractivity contribution in [3.8, 4) is 23.3 Å². The zero-order valence-electron chi connectivity index (χ0n) is 19.3. The lowest BCUT2D eigenvalue weighted by atomic mass is 10.1. The molecule has 9 heteroatoms. The van der Waals surface area contributed by atoms with Crippen molar-refractivity contribution in [1.29, 1.82) is 0 Å². The molecule has 3 aromatic heterocycles. The van der Waals surface area contributed by atoms with Crippen molar-refractivity contribution < 1.29 is 4.42 Å². The van der Waals surface area contributed by atoms with Crippen LogP contribution in [0.5, 0.6) is 0 Å². The summed E-state index contributed by atoms with van der Waals surface area (Å²) in [4.78, 5) is 23.2. The lowest BCUT2D eigenvalue weighted by Crippen LogP contribution is -2.29. The van der Waals surface area contributed by atoms with Crippen LogP contribution < -0.4 is 16.6 Å². The Balaban J connectivity index is 1.66. The number of hydrogen-bond acceptors (Lipinski definition) is 8. The van der Waals surface area contributed by atoms with Crippen LogP contribution in [0.1, 0.15) is 62.5 Å². The minimum Gasteiger partial charge on any atom is -0.421 e. The number of hydrogen-bond donors (Lipinski definition) is 2. The van der Waals surface area contributed by atoms with Gasteiger partial charge < -0.3 is 15.5 Å². The second-order valence-electron chi connectivity index (χ2n) is 8.31. The van der Waals surface area contributed by atoms with Gasteiger partial charge in [-0.2, -0.15) is 0 Å². The zero-order chi connectivity index (χ0) is 23.8. The first-order valence-electron chi connectivity index (χ1n) is 11.3. The average Bonchev–Trinajstić information content (AvgIpc) is 3.57. The Morgan fingerprint density at radius 3 is 2.79 bits per heavy atom. The van der Waals surface area contributed by atoms with Crippen LogP contribution in [0.2, 0.25) is 0 Å². The lowest BCUT2D eigenvalue weighted by molar-refractivity contribution is 0.532. The normalized spacial score (nSPS) is 14.0. The van der Waals surface area contributed by atoms with Crippen molar-refractivity contribution in [3.05, 3.63) is 58.1 Å². The van der Waals surface area contributed by atoms with E-state index >= 15 is 0 Å². The molecule has 172 valence electrons. The standard InChI is InChI=1S/C25H25N7O2/c1-4-7-15-8-6-9-19-20(15)25(33)32(16-10-11-16)23(29-19)18(5-2)28-22-21(17(26)12-13-27-22)24-31-30-14(3)34-24/h6,8-9,12-13,16,18H,5,10-11H2,1-3H3,(H3,26,27,28)/t18-/m0/s1. The maximum atomic E-state index is 13.7. The number of nitrogens with two attached hydrogens (primary N) is 1. The average molecular weight is 456 g/mol. The molecule has 0 spiro atoms. The number of nitrogens with one attached hydrogen (secondary N) is 1. The Morgan fingerprint density at radius 1 is 1.29 bits per heavy atom. The van der Waals surface area contributed by atoms with Crippen LogP contribution in [-0.4, -0.2) is 24.7 Å². The van der Waals surface area contributed by atoms with E-state index in [1.54, 1.807) is 26.1 Å². The second-order valence-corrected chi connectivity index (χ2v) is 8.31. The lowest BCUT2D eigenvalue weighted by Gasteiger charge is -2.23. The maximum Gasteiger partial charge on any atom is 0.262 e. The van der Waals surface area contributed by atoms with Gasteiger partial charge in [0.05, 0.1) is 16.9 Å². The van der Waals surface area contributed by atoms with E-state index in [1.807, 2.05) is 29.7 Å². The molecule has 3 N–H and O–H groups in total. The van der Waals surface area contributed by atoms with Crippen molar-refractivity contribution in [3.63, 3.8) is 0 Å². The fourth-order valence-corrected chi connectivity index (χ4v) is 4.15. The van der Waals surface area contributed by atoms with Crippen molar-refractivity contribution >= 4 is 22.4 Å². The molecule has 1 aliphatic carbocycles. The van der Waals surface area contributed by atoms with E-state index in [9.17, 15) is 4.79 Å². The molecule has 1 fully saturated rings. The van der Waals surface area contributed by atoms with Gasteiger partial charge in [-0.3, -0.25) is 9.36 Å². The van der Waals surface area contributed by atoms with Gasteiger partial charge in [0.15, 0.2) is 0 Å². The smallest absolute Gasteiger partial charge is 0.262 e. The quantitative estimate of drug-likeness (QED) is 0.418. The molecule has 0 bridgehead atoms. The summed E-state index contributed by atoms with van der Waals surface area (Å²) in [5, 5.41) is 12.1. The maximum absolute atomic E-state index is 13.7. The third-order valence-corrected chi connectivity index (χ3v) is 5.88. The molecule has 1 aliphatic rings. The van der Waals surface area contributed by atoms with Crippen LogP contribution in [0.3, 0.4) is 0 Å². The van der Waals surface area contributed by atoms with E-state index in [-0.39, 0.29) is 23.5 Å². The summed E-state index contributed by atoms with van der Waals surface area (Å²) in [6, 6.07) is 7.12. The van der Waals surface area contributed by atoms with E-state index in [1.165, 1.54) is 0 Å². The highest BCUT2D eigenvalue weighted by atomic mass is 16.4. The number of anilines is 2. The molecule has 0 radical (unpaired) electrons. The molecule has 1 atom stereocenters. The summed E-state index contributed by atoms with van der Waals surface area (Å²) < 4.78 is 7.46. The number of fused-ring (bicyclic) bond motifs is 1. The van der Waals surface area contributed by atoms with Gasteiger partial charge in [0, 0.05) is 30.4 Å². The largest absolute Gasteiger partial charge is 0.421 e. The highest BCUT2D eigenvalue weighted by Gasteiger charge is 2.32. The molecule has 0 amide bonds. The summed E-state index contributed by atoms with van der Waals surface area (Å²) in [5.74, 6) is 7.83. The Kier molecular flexibility index (Phi) is 5.49. The predicted octanol–water partition coefficient (Wildman–Crippen LogP) is 4.00. The number of rotatable bonds is 6. The van der Waals surface area contributed by atoms with Gasteiger partial charge in [0.25, 0.3) is 11.4 Å². The van der Waals surface area contributed by atoms with Gasteiger partial charge in [0.1, 0.15) is 17.2 Å². The molecule has 0 unspecified atom stereocenters. The van der Waals surface area contributed by atoms with Crippen LogP contribution in [0.15, 0.2) is 39.7 Å². The van der Waals surface area contributed by atoms with Gasteiger partial charge in [-0.05, 0) is 44.4 Å². The number of aromatic nitrogens is 5. The highest BCUT2D eigenvalue weighted by Crippen LogP contribution is 2.38. The summed E-state index contributed by atoms with van der Waals surface area (Å²) in [5.41, 5.74) is 8.52. The Bertz CT molecular complexity index is 1510. The Hall–Kier alpha value is -4.19. The van der Waals surface area contributed by atoms with Crippen molar-refractivity contribution in [2.75, 3.05) is 11.1 Å². The minimum atomic E-state index is -0.296. The van der Waals surface area contributed by atoms with E-state index in [2.05, 4.69) is 32.3 Å². The first kappa shape index (κ1) is 21.6. The van der Waals surface area contributed by atoms with E-state index in [0.717, 1.165) is 12.8 Å². The topological polar surface area (TPSA) is 125 Å². The number of pyridine rings is 1. The van der Waals surface area contributed by atoms with E-state index < -0.39 is 0 Å². The van der Waals surface area contributed by atoms with Crippen LogP contribution >= 0.6 is 0 Å². The summed E-state index contributed by atoms with van der Waals surface area (Å²) >= 11 is 0. The zero-order valence-corrected chi connectivity index (χ0v) is 19.3. The molecule has 1 aromatic carbocycles. The summed E-state index contributed by atoms with van der Waals surface area (Å²) in [6.45, 7) is 5.51. The third kappa shape index (κ3) is 3.77. The number of aryl methyl sites for hydroxylation is 1. The molecule has 0 saturated heterocycles. The Labute approximate surface area is 196 Å². The first-order valence-corrected chi connectivity index (χ1v) is 11.3. The van der Waals surface area contributed by atoms with Gasteiger partial charge >= 0.3 is 0 Å². The van der Waals surface area contributed by atoms with Gasteiger partial charge in [0.2, 0.25) is 5.89 Å². The number of benzene rings is 1. The van der Waals surface area contributed by atoms with Crippen molar-refractivity contribution in [2.45, 2.75) is 52.1 Å². The van der Waals surface area contributed by atoms with Crippen molar-refractivity contribution in [2.24, 2.45) is 0 Å². The van der Waals surface area contributed by atoms with Crippen LogP contribution in [-0.2, 0) is 0 Å². The van der Waals surface area contributed by atoms with E-state index in [0.29, 0.717) is 51.7 Å². The molecule has 1 saturated carbocycles. The molecular formula is C25H25N7O2. The summed E-state index contributed by atoms with van der Waals surface area (Å²) in [7, 11) is 0. The highest BCUT2D eigenvalue weighted by molar-refractivity contribution is 5.84. The molecule has 4 aromatic rings. The van der Waals surface area contributed by atoms with Gasteiger partial charge in [-0.15, -0.1) is 16.1 Å². The Morgan fingerprint density at radius 2 is 2.12 bits per heavy atom. The second kappa shape index (κ2) is 8.63. The minimum absolute atomic E-state index is 0.0608. The molecule has 34 heavy (non-hydrogen) atoms. The van der Waals surface area contributed by atoms with Crippen LogP contribution in [0, 0.1) is 18.8 Å². The number of nitrogen functional groups attached to an aromatic ring is 1. The monoisotopic (exact) mass is 455 g/mol. The molecule has 0 aliphatic heterocycles. The molecule has 5 rings (SSSR count). The predicted molar refractivity (Wildman–Crippen MR) is 130 cm³/mol. The number of nitrogens with zero attached hydrogens (tertiary/aromatic N) is 5. The fourth-order valence-electron chi connectivity index (χ4n) is 4.15. The summed E-state index contributed by atoms with van der Waals surface area (Å²) in [6.07, 6.45) is 4.18. The SMILES string of the molecule is CC#Cc1cccc2nc([C@H](CC)Nc3nccc(N)c3-c3nnc(C)o3)n(C3CC3)c(=O)c12. The van der Waals surface area contributed by atoms with Crippen LogP contribution in [0.4, 0.5) is 11.5 Å². The third-order valence-electron chi connectivity index (χ3n) is 5.88.